The van der Waals surface area contributed by atoms with E-state index in [2.05, 4.69) is 5.32 Å². The summed E-state index contributed by atoms with van der Waals surface area (Å²) in [6, 6.07) is 12.2. The third kappa shape index (κ3) is 3.45. The largest absolute Gasteiger partial charge is 0.497 e. The molecule has 0 bridgehead atoms. The van der Waals surface area contributed by atoms with E-state index in [1.807, 2.05) is 24.3 Å². The fourth-order valence-electron chi connectivity index (χ4n) is 1.79. The summed E-state index contributed by atoms with van der Waals surface area (Å²) >= 11 is 4.81. The van der Waals surface area contributed by atoms with E-state index >= 15 is 0 Å². The van der Waals surface area contributed by atoms with Crippen molar-refractivity contribution in [3.8, 4) is 5.75 Å². The van der Waals surface area contributed by atoms with Crippen LogP contribution < -0.4 is 15.8 Å². The van der Waals surface area contributed by atoms with Gasteiger partial charge in [-0.05, 0) is 35.9 Å². The van der Waals surface area contributed by atoms with Gasteiger partial charge in [-0.3, -0.25) is 0 Å². The standard InChI is InChI=1S/C15H15FN2OS/c1-19-12-4-2-3-10(7-12)9-18-14-6-5-11(15(17)20)8-13(14)16/h2-8,18H,9H2,1H3,(H2,17,20). The van der Waals surface area contributed by atoms with Gasteiger partial charge in [0.25, 0.3) is 0 Å². The van der Waals surface area contributed by atoms with Crippen molar-refractivity contribution < 1.29 is 9.13 Å². The molecule has 0 amide bonds. The first-order valence-corrected chi connectivity index (χ1v) is 6.47. The number of rotatable bonds is 5. The highest BCUT2D eigenvalue weighted by Crippen LogP contribution is 2.18. The van der Waals surface area contributed by atoms with Crippen LogP contribution in [0, 0.1) is 5.82 Å². The summed E-state index contributed by atoms with van der Waals surface area (Å²) in [7, 11) is 1.61. The summed E-state index contributed by atoms with van der Waals surface area (Å²) < 4.78 is 19.0. The smallest absolute Gasteiger partial charge is 0.146 e. The SMILES string of the molecule is COc1cccc(CNc2ccc(C(N)=S)cc2F)c1. The lowest BCUT2D eigenvalue weighted by atomic mass is 10.1. The molecule has 0 heterocycles. The van der Waals surface area contributed by atoms with Crippen LogP contribution in [0.15, 0.2) is 42.5 Å². The van der Waals surface area contributed by atoms with Crippen molar-refractivity contribution in [2.24, 2.45) is 5.73 Å². The van der Waals surface area contributed by atoms with Gasteiger partial charge in [-0.1, -0.05) is 24.4 Å². The van der Waals surface area contributed by atoms with Crippen LogP contribution in [0.4, 0.5) is 10.1 Å². The number of hydrogen-bond donors (Lipinski definition) is 2. The highest BCUT2D eigenvalue weighted by Gasteiger charge is 2.05. The number of hydrogen-bond acceptors (Lipinski definition) is 3. The molecule has 0 aromatic heterocycles. The lowest BCUT2D eigenvalue weighted by molar-refractivity contribution is 0.414. The van der Waals surface area contributed by atoms with Crippen LogP contribution in [-0.4, -0.2) is 12.1 Å². The quantitative estimate of drug-likeness (QED) is 0.831. The molecule has 0 aliphatic heterocycles. The van der Waals surface area contributed by atoms with E-state index in [0.717, 1.165) is 11.3 Å². The van der Waals surface area contributed by atoms with Crippen molar-refractivity contribution in [1.29, 1.82) is 0 Å². The monoisotopic (exact) mass is 290 g/mol. The molecular formula is C15H15FN2OS. The molecule has 0 spiro atoms. The molecule has 20 heavy (non-hydrogen) atoms. The molecule has 2 rings (SSSR count). The summed E-state index contributed by atoms with van der Waals surface area (Å²) in [6.07, 6.45) is 0. The van der Waals surface area contributed by atoms with Gasteiger partial charge in [0.1, 0.15) is 16.6 Å². The Morgan fingerprint density at radius 3 is 2.75 bits per heavy atom. The first kappa shape index (κ1) is 14.3. The van der Waals surface area contributed by atoms with Gasteiger partial charge < -0.3 is 15.8 Å². The Morgan fingerprint density at radius 1 is 1.30 bits per heavy atom. The van der Waals surface area contributed by atoms with E-state index in [1.54, 1.807) is 19.2 Å². The highest BCUT2D eigenvalue weighted by molar-refractivity contribution is 7.80. The van der Waals surface area contributed by atoms with Crippen LogP contribution >= 0.6 is 12.2 Å². The minimum Gasteiger partial charge on any atom is -0.497 e. The fraction of sp³-hybridized carbons (Fsp3) is 0.133. The second-order valence-corrected chi connectivity index (χ2v) is 4.70. The number of nitrogens with two attached hydrogens (primary N) is 1. The second-order valence-electron chi connectivity index (χ2n) is 4.26. The zero-order valence-electron chi connectivity index (χ0n) is 11.0. The molecular weight excluding hydrogens is 275 g/mol. The Kier molecular flexibility index (Phi) is 4.53. The van der Waals surface area contributed by atoms with Gasteiger partial charge in [-0.25, -0.2) is 4.39 Å². The molecule has 0 radical (unpaired) electrons. The Hall–Kier alpha value is -2.14. The van der Waals surface area contributed by atoms with Crippen LogP contribution in [0.25, 0.3) is 0 Å². The van der Waals surface area contributed by atoms with Crippen LogP contribution in [0.5, 0.6) is 5.75 Å². The number of benzene rings is 2. The molecule has 3 nitrogen and oxygen atoms in total. The molecule has 0 fully saturated rings. The third-order valence-electron chi connectivity index (χ3n) is 2.87. The predicted molar refractivity (Wildman–Crippen MR) is 82.6 cm³/mol. The molecule has 3 N–H and O–H groups in total. The molecule has 2 aromatic carbocycles. The molecule has 0 aliphatic carbocycles. The molecule has 0 unspecified atom stereocenters. The van der Waals surface area contributed by atoms with Crippen molar-refractivity contribution in [2.45, 2.75) is 6.54 Å². The first-order valence-electron chi connectivity index (χ1n) is 6.06. The highest BCUT2D eigenvalue weighted by atomic mass is 32.1. The molecule has 2 aromatic rings. The minimum absolute atomic E-state index is 0.184. The first-order chi connectivity index (χ1) is 9.60. The Morgan fingerprint density at radius 2 is 2.10 bits per heavy atom. The molecule has 0 saturated heterocycles. The van der Waals surface area contributed by atoms with Gasteiger partial charge in [0, 0.05) is 12.1 Å². The van der Waals surface area contributed by atoms with Gasteiger partial charge in [-0.15, -0.1) is 0 Å². The molecule has 0 aliphatic rings. The van der Waals surface area contributed by atoms with Crippen molar-refractivity contribution >= 4 is 22.9 Å². The normalized spacial score (nSPS) is 10.1. The van der Waals surface area contributed by atoms with Crippen molar-refractivity contribution in [2.75, 3.05) is 12.4 Å². The lowest BCUT2D eigenvalue weighted by Gasteiger charge is -2.10. The zero-order valence-corrected chi connectivity index (χ0v) is 11.8. The van der Waals surface area contributed by atoms with Crippen molar-refractivity contribution in [3.05, 3.63) is 59.4 Å². The van der Waals surface area contributed by atoms with Gasteiger partial charge in [0.2, 0.25) is 0 Å². The molecule has 5 heteroatoms. The van der Waals surface area contributed by atoms with E-state index in [1.165, 1.54) is 6.07 Å². The fourth-order valence-corrected chi connectivity index (χ4v) is 1.92. The third-order valence-corrected chi connectivity index (χ3v) is 3.11. The Balaban J connectivity index is 2.08. The Labute approximate surface area is 122 Å². The Bertz CT molecular complexity index is 631. The lowest BCUT2D eigenvalue weighted by Crippen LogP contribution is -2.10. The van der Waals surface area contributed by atoms with Crippen LogP contribution in [0.3, 0.4) is 0 Å². The molecule has 0 saturated carbocycles. The molecule has 0 atom stereocenters. The maximum Gasteiger partial charge on any atom is 0.146 e. The topological polar surface area (TPSA) is 47.3 Å². The average molecular weight is 290 g/mol. The maximum absolute atomic E-state index is 13.9. The summed E-state index contributed by atoms with van der Waals surface area (Å²) in [5.74, 6) is 0.395. The molecule has 104 valence electrons. The number of nitrogens with one attached hydrogen (secondary N) is 1. The van der Waals surface area contributed by atoms with Gasteiger partial charge >= 0.3 is 0 Å². The van der Waals surface area contributed by atoms with E-state index in [4.69, 9.17) is 22.7 Å². The summed E-state index contributed by atoms with van der Waals surface area (Å²) in [4.78, 5) is 0.184. The van der Waals surface area contributed by atoms with Crippen LogP contribution in [-0.2, 0) is 6.54 Å². The van der Waals surface area contributed by atoms with E-state index in [9.17, 15) is 4.39 Å². The maximum atomic E-state index is 13.9. The summed E-state index contributed by atoms with van der Waals surface area (Å²) in [6.45, 7) is 0.501. The van der Waals surface area contributed by atoms with Crippen LogP contribution in [0.1, 0.15) is 11.1 Å². The number of methoxy groups -OCH3 is 1. The summed E-state index contributed by atoms with van der Waals surface area (Å²) in [5.41, 5.74) is 7.39. The zero-order chi connectivity index (χ0) is 14.5. The average Bonchev–Trinajstić information content (AvgIpc) is 2.46. The van der Waals surface area contributed by atoms with Gasteiger partial charge in [0.15, 0.2) is 0 Å². The van der Waals surface area contributed by atoms with Gasteiger partial charge in [0.05, 0.1) is 12.8 Å². The van der Waals surface area contributed by atoms with Gasteiger partial charge in [-0.2, -0.15) is 0 Å². The minimum atomic E-state index is -0.377. The predicted octanol–water partition coefficient (Wildman–Crippen LogP) is 3.08. The number of halogens is 1. The number of anilines is 1. The van der Waals surface area contributed by atoms with Crippen molar-refractivity contribution in [3.63, 3.8) is 0 Å². The van der Waals surface area contributed by atoms with E-state index in [0.29, 0.717) is 17.8 Å². The van der Waals surface area contributed by atoms with E-state index in [-0.39, 0.29) is 10.8 Å². The van der Waals surface area contributed by atoms with Crippen molar-refractivity contribution in [1.82, 2.24) is 0 Å². The number of ether oxygens (including phenoxy) is 1. The van der Waals surface area contributed by atoms with Crippen LogP contribution in [0.2, 0.25) is 0 Å². The number of thiocarbonyl (C=S) groups is 1. The van der Waals surface area contributed by atoms with E-state index < -0.39 is 0 Å². The summed E-state index contributed by atoms with van der Waals surface area (Å²) in [5, 5.41) is 3.03. The second kappa shape index (κ2) is 6.34.